The standard InChI is InChI=1S/C9H10BrF2NO2/c1-14-6-3-5(4-10)7(8(11)12)13-9(6)15-2/h3,8H,4H2,1-2H3. The number of methoxy groups -OCH3 is 2. The van der Waals surface area contributed by atoms with Gasteiger partial charge in [-0.25, -0.2) is 13.8 Å². The molecule has 0 saturated carbocycles. The fraction of sp³-hybridized carbons (Fsp3) is 0.444. The van der Waals surface area contributed by atoms with Gasteiger partial charge in [0.15, 0.2) is 5.75 Å². The lowest BCUT2D eigenvalue weighted by Gasteiger charge is -2.11. The van der Waals surface area contributed by atoms with E-state index < -0.39 is 6.43 Å². The van der Waals surface area contributed by atoms with Crippen molar-refractivity contribution >= 4 is 15.9 Å². The second-order valence-corrected chi connectivity index (χ2v) is 3.24. The van der Waals surface area contributed by atoms with E-state index in [9.17, 15) is 8.78 Å². The summed E-state index contributed by atoms with van der Waals surface area (Å²) in [5.74, 6) is 0.411. The molecule has 0 aliphatic rings. The highest BCUT2D eigenvalue weighted by atomic mass is 79.9. The summed E-state index contributed by atoms with van der Waals surface area (Å²) in [5.41, 5.74) is 0.104. The molecule has 1 aromatic rings. The average Bonchev–Trinajstić information content (AvgIpc) is 2.26. The van der Waals surface area contributed by atoms with Gasteiger partial charge in [-0.3, -0.25) is 0 Å². The zero-order valence-corrected chi connectivity index (χ0v) is 9.85. The monoisotopic (exact) mass is 281 g/mol. The molecule has 0 fully saturated rings. The van der Waals surface area contributed by atoms with Crippen molar-refractivity contribution in [2.75, 3.05) is 14.2 Å². The second kappa shape index (κ2) is 5.25. The van der Waals surface area contributed by atoms with Gasteiger partial charge >= 0.3 is 0 Å². The van der Waals surface area contributed by atoms with E-state index in [2.05, 4.69) is 20.9 Å². The van der Waals surface area contributed by atoms with Crippen LogP contribution in [0.25, 0.3) is 0 Å². The number of alkyl halides is 3. The molecule has 0 unspecified atom stereocenters. The van der Waals surface area contributed by atoms with E-state index in [0.717, 1.165) is 0 Å². The van der Waals surface area contributed by atoms with Crippen molar-refractivity contribution in [3.63, 3.8) is 0 Å². The number of hydrogen-bond donors (Lipinski definition) is 0. The lowest BCUT2D eigenvalue weighted by Crippen LogP contribution is -2.02. The number of ether oxygens (including phenoxy) is 2. The summed E-state index contributed by atoms with van der Waals surface area (Å²) >= 11 is 3.12. The van der Waals surface area contributed by atoms with Crippen LogP contribution in [0, 0.1) is 0 Å². The van der Waals surface area contributed by atoms with Crippen molar-refractivity contribution in [2.45, 2.75) is 11.8 Å². The van der Waals surface area contributed by atoms with E-state index in [1.807, 2.05) is 0 Å². The van der Waals surface area contributed by atoms with Gasteiger partial charge in [-0.2, -0.15) is 0 Å². The van der Waals surface area contributed by atoms with Gasteiger partial charge in [-0.15, -0.1) is 0 Å². The smallest absolute Gasteiger partial charge is 0.280 e. The van der Waals surface area contributed by atoms with Gasteiger partial charge < -0.3 is 9.47 Å². The topological polar surface area (TPSA) is 31.4 Å². The lowest BCUT2D eigenvalue weighted by molar-refractivity contribution is 0.143. The summed E-state index contributed by atoms with van der Waals surface area (Å²) in [6, 6.07) is 1.49. The highest BCUT2D eigenvalue weighted by Gasteiger charge is 2.18. The number of aromatic nitrogens is 1. The summed E-state index contributed by atoms with van der Waals surface area (Å²) in [5, 5.41) is 0.292. The van der Waals surface area contributed by atoms with Gasteiger partial charge in [0.25, 0.3) is 12.3 Å². The van der Waals surface area contributed by atoms with Crippen molar-refractivity contribution in [2.24, 2.45) is 0 Å². The van der Waals surface area contributed by atoms with Crippen LogP contribution in [0.5, 0.6) is 11.6 Å². The van der Waals surface area contributed by atoms with Gasteiger partial charge in [-0.1, -0.05) is 15.9 Å². The van der Waals surface area contributed by atoms with Crippen molar-refractivity contribution in [3.05, 3.63) is 17.3 Å². The second-order valence-electron chi connectivity index (χ2n) is 2.68. The van der Waals surface area contributed by atoms with Gasteiger partial charge in [0.2, 0.25) is 0 Å². The molecule has 15 heavy (non-hydrogen) atoms. The third-order valence-electron chi connectivity index (χ3n) is 1.83. The van der Waals surface area contributed by atoms with Crippen LogP contribution in [0.2, 0.25) is 0 Å². The molecule has 0 amide bonds. The third kappa shape index (κ3) is 2.56. The van der Waals surface area contributed by atoms with Gasteiger partial charge in [-0.05, 0) is 11.6 Å². The lowest BCUT2D eigenvalue weighted by atomic mass is 10.2. The Labute approximate surface area is 94.5 Å². The van der Waals surface area contributed by atoms with Crippen LogP contribution in [0.4, 0.5) is 8.78 Å². The molecular formula is C9H10BrF2NO2. The first-order chi connectivity index (χ1) is 7.13. The van der Waals surface area contributed by atoms with Crippen molar-refractivity contribution in [1.82, 2.24) is 4.98 Å². The Morgan fingerprint density at radius 1 is 1.40 bits per heavy atom. The molecule has 0 atom stereocenters. The van der Waals surface area contributed by atoms with E-state index >= 15 is 0 Å². The fourth-order valence-electron chi connectivity index (χ4n) is 1.12. The minimum atomic E-state index is -2.63. The molecule has 0 radical (unpaired) electrons. The van der Waals surface area contributed by atoms with Crippen molar-refractivity contribution in [3.8, 4) is 11.6 Å². The predicted octanol–water partition coefficient (Wildman–Crippen LogP) is 2.93. The minimum Gasteiger partial charge on any atom is -0.491 e. The molecule has 0 N–H and O–H groups in total. The predicted molar refractivity (Wildman–Crippen MR) is 54.9 cm³/mol. The number of hydrogen-bond acceptors (Lipinski definition) is 3. The summed E-state index contributed by atoms with van der Waals surface area (Å²) in [7, 11) is 2.79. The van der Waals surface area contributed by atoms with Gasteiger partial charge in [0.1, 0.15) is 5.69 Å². The molecule has 0 bridgehead atoms. The Balaban J connectivity index is 3.27. The van der Waals surface area contributed by atoms with Crippen LogP contribution in [-0.4, -0.2) is 19.2 Å². The Kier molecular flexibility index (Phi) is 4.26. The molecule has 0 aromatic carbocycles. The fourth-order valence-corrected chi connectivity index (χ4v) is 1.57. The van der Waals surface area contributed by atoms with Crippen LogP contribution in [0.3, 0.4) is 0 Å². The van der Waals surface area contributed by atoms with Gasteiger partial charge in [0.05, 0.1) is 14.2 Å². The molecule has 1 aromatic heterocycles. The zero-order valence-electron chi connectivity index (χ0n) is 8.26. The molecule has 0 aliphatic heterocycles. The third-order valence-corrected chi connectivity index (χ3v) is 2.44. The molecule has 0 aliphatic carbocycles. The van der Waals surface area contributed by atoms with E-state index in [1.165, 1.54) is 20.3 Å². The number of rotatable bonds is 4. The van der Waals surface area contributed by atoms with Crippen LogP contribution in [-0.2, 0) is 5.33 Å². The maximum atomic E-state index is 12.6. The van der Waals surface area contributed by atoms with E-state index in [0.29, 0.717) is 16.6 Å². The molecule has 84 valence electrons. The molecule has 1 heterocycles. The molecule has 0 spiro atoms. The Morgan fingerprint density at radius 3 is 2.47 bits per heavy atom. The molecule has 0 saturated heterocycles. The van der Waals surface area contributed by atoms with Crippen LogP contribution in [0.1, 0.15) is 17.7 Å². The molecular weight excluding hydrogens is 272 g/mol. The van der Waals surface area contributed by atoms with E-state index in [1.54, 1.807) is 0 Å². The zero-order chi connectivity index (χ0) is 11.4. The molecule has 3 nitrogen and oxygen atoms in total. The summed E-state index contributed by atoms with van der Waals surface area (Å²) in [6.45, 7) is 0. The normalized spacial score (nSPS) is 10.5. The highest BCUT2D eigenvalue weighted by molar-refractivity contribution is 9.08. The SMILES string of the molecule is COc1cc(CBr)c(C(F)F)nc1OC. The number of pyridine rings is 1. The minimum absolute atomic E-state index is 0.0671. The van der Waals surface area contributed by atoms with Crippen molar-refractivity contribution < 1.29 is 18.3 Å². The first-order valence-electron chi connectivity index (χ1n) is 4.10. The quantitative estimate of drug-likeness (QED) is 0.796. The molecule has 6 heteroatoms. The summed E-state index contributed by atoms with van der Waals surface area (Å²) in [6.07, 6.45) is -2.63. The van der Waals surface area contributed by atoms with E-state index in [-0.39, 0.29) is 11.6 Å². The van der Waals surface area contributed by atoms with Gasteiger partial charge in [0, 0.05) is 5.33 Å². The average molecular weight is 282 g/mol. The van der Waals surface area contributed by atoms with Crippen molar-refractivity contribution in [1.29, 1.82) is 0 Å². The Morgan fingerprint density at radius 2 is 2.07 bits per heavy atom. The summed E-state index contributed by atoms with van der Waals surface area (Å²) < 4.78 is 35.0. The van der Waals surface area contributed by atoms with Crippen LogP contribution in [0.15, 0.2) is 6.07 Å². The summed E-state index contributed by atoms with van der Waals surface area (Å²) in [4.78, 5) is 3.71. The maximum Gasteiger partial charge on any atom is 0.280 e. The maximum absolute atomic E-state index is 12.6. The number of halogens is 3. The largest absolute Gasteiger partial charge is 0.491 e. The highest BCUT2D eigenvalue weighted by Crippen LogP contribution is 2.32. The van der Waals surface area contributed by atoms with Crippen LogP contribution < -0.4 is 9.47 Å². The van der Waals surface area contributed by atoms with Crippen LogP contribution >= 0.6 is 15.9 Å². The Hall–Kier alpha value is -0.910. The molecule has 1 rings (SSSR count). The Bertz CT molecular complexity index is 347. The first kappa shape index (κ1) is 12.2. The first-order valence-corrected chi connectivity index (χ1v) is 5.22. The number of nitrogens with zero attached hydrogens (tertiary/aromatic N) is 1. The van der Waals surface area contributed by atoms with E-state index in [4.69, 9.17) is 9.47 Å².